The summed E-state index contributed by atoms with van der Waals surface area (Å²) < 4.78 is 36.3. The number of hydrogen-bond acceptors (Lipinski definition) is 3. The zero-order valence-corrected chi connectivity index (χ0v) is 8.42. The highest BCUT2D eigenvalue weighted by atomic mass is 32.2. The summed E-state index contributed by atoms with van der Waals surface area (Å²) in [4.78, 5) is 10.4. The summed E-state index contributed by atoms with van der Waals surface area (Å²) in [6, 6.07) is 3.45. The Hall–Kier alpha value is -1.49. The number of benzene rings is 1. The number of aldehydes is 1. The van der Waals surface area contributed by atoms with Gasteiger partial charge in [0.15, 0.2) is 0 Å². The summed E-state index contributed by atoms with van der Waals surface area (Å²) in [5, 5.41) is 0. The first-order valence-electron chi connectivity index (χ1n) is 4.24. The molecule has 1 heterocycles. The molecule has 1 aliphatic rings. The molecule has 0 unspecified atom stereocenters. The van der Waals surface area contributed by atoms with Crippen molar-refractivity contribution >= 4 is 22.2 Å². The molecule has 0 amide bonds. The van der Waals surface area contributed by atoms with E-state index in [1.807, 2.05) is 0 Å². The predicted molar refractivity (Wildman–Crippen MR) is 52.2 cm³/mol. The van der Waals surface area contributed by atoms with Gasteiger partial charge >= 0.3 is 0 Å². The molecule has 0 aliphatic carbocycles. The standard InChI is InChI=1S/C10H7FO3S/c11-8-1-2-10-7(5-8)6-9(3-4-12)15(10,13)14/h1-2,4-6H,3H2. The molecule has 15 heavy (non-hydrogen) atoms. The number of hydrogen-bond donors (Lipinski definition) is 0. The normalized spacial score (nSPS) is 17.0. The van der Waals surface area contributed by atoms with Crippen molar-refractivity contribution in [3.63, 3.8) is 0 Å². The summed E-state index contributed by atoms with van der Waals surface area (Å²) in [6.07, 6.45) is 1.69. The van der Waals surface area contributed by atoms with E-state index in [9.17, 15) is 17.6 Å². The lowest BCUT2D eigenvalue weighted by Crippen LogP contribution is -2.01. The van der Waals surface area contributed by atoms with E-state index in [4.69, 9.17) is 0 Å². The third-order valence-corrected chi connectivity index (χ3v) is 4.13. The van der Waals surface area contributed by atoms with Crippen molar-refractivity contribution in [2.24, 2.45) is 0 Å². The molecule has 0 atom stereocenters. The predicted octanol–water partition coefficient (Wildman–Crippen LogP) is 1.54. The number of halogens is 1. The van der Waals surface area contributed by atoms with Crippen molar-refractivity contribution in [3.8, 4) is 0 Å². The molecule has 0 aromatic heterocycles. The van der Waals surface area contributed by atoms with Crippen LogP contribution in [0.4, 0.5) is 4.39 Å². The molecule has 78 valence electrons. The highest BCUT2D eigenvalue weighted by Crippen LogP contribution is 2.34. The molecule has 0 fully saturated rings. The fourth-order valence-corrected chi connectivity index (χ4v) is 3.05. The van der Waals surface area contributed by atoms with Crippen molar-refractivity contribution in [1.82, 2.24) is 0 Å². The molecule has 0 N–H and O–H groups in total. The molecule has 0 saturated carbocycles. The Bertz CT molecular complexity index is 558. The lowest BCUT2D eigenvalue weighted by molar-refractivity contribution is -0.107. The first-order valence-corrected chi connectivity index (χ1v) is 5.73. The smallest absolute Gasteiger partial charge is 0.203 e. The van der Waals surface area contributed by atoms with E-state index >= 15 is 0 Å². The van der Waals surface area contributed by atoms with Crippen molar-refractivity contribution in [2.45, 2.75) is 11.3 Å². The second kappa shape index (κ2) is 3.27. The summed E-state index contributed by atoms with van der Waals surface area (Å²) in [7, 11) is -3.56. The molecule has 5 heteroatoms. The average molecular weight is 226 g/mol. The van der Waals surface area contributed by atoms with Crippen LogP contribution < -0.4 is 0 Å². The van der Waals surface area contributed by atoms with Crippen LogP contribution in [-0.4, -0.2) is 14.7 Å². The maximum absolute atomic E-state index is 12.8. The van der Waals surface area contributed by atoms with Crippen LogP contribution >= 0.6 is 0 Å². The zero-order valence-electron chi connectivity index (χ0n) is 7.60. The van der Waals surface area contributed by atoms with Gasteiger partial charge < -0.3 is 4.79 Å². The van der Waals surface area contributed by atoms with Gasteiger partial charge in [0, 0.05) is 6.42 Å². The molecular formula is C10H7FO3S. The monoisotopic (exact) mass is 226 g/mol. The molecule has 0 radical (unpaired) electrons. The highest BCUT2D eigenvalue weighted by molar-refractivity contribution is 7.95. The molecule has 3 nitrogen and oxygen atoms in total. The second-order valence-corrected chi connectivity index (χ2v) is 5.14. The molecular weight excluding hydrogens is 219 g/mol. The fourth-order valence-electron chi connectivity index (χ4n) is 1.52. The van der Waals surface area contributed by atoms with Gasteiger partial charge in [-0.1, -0.05) is 0 Å². The Labute approximate surface area is 86.1 Å². The maximum Gasteiger partial charge on any atom is 0.203 e. The van der Waals surface area contributed by atoms with Crippen LogP contribution in [0.2, 0.25) is 0 Å². The van der Waals surface area contributed by atoms with Crippen LogP contribution in [0.25, 0.3) is 6.08 Å². The van der Waals surface area contributed by atoms with Gasteiger partial charge in [-0.2, -0.15) is 0 Å². The Balaban J connectivity index is 2.63. The zero-order chi connectivity index (χ0) is 11.1. The number of allylic oxidation sites excluding steroid dienone is 1. The highest BCUT2D eigenvalue weighted by Gasteiger charge is 2.28. The van der Waals surface area contributed by atoms with Crippen LogP contribution in [0.1, 0.15) is 12.0 Å². The van der Waals surface area contributed by atoms with Gasteiger partial charge in [0.05, 0.1) is 9.80 Å². The second-order valence-electron chi connectivity index (χ2n) is 3.17. The van der Waals surface area contributed by atoms with Crippen LogP contribution in [0, 0.1) is 5.82 Å². The Morgan fingerprint density at radius 2 is 2.07 bits per heavy atom. The van der Waals surface area contributed by atoms with E-state index in [0.29, 0.717) is 11.8 Å². The topological polar surface area (TPSA) is 51.2 Å². The van der Waals surface area contributed by atoms with Crippen molar-refractivity contribution in [1.29, 1.82) is 0 Å². The largest absolute Gasteiger partial charge is 0.303 e. The minimum atomic E-state index is -3.56. The van der Waals surface area contributed by atoms with Crippen LogP contribution in [0.3, 0.4) is 0 Å². The van der Waals surface area contributed by atoms with Crippen molar-refractivity contribution < 1.29 is 17.6 Å². The summed E-state index contributed by atoms with van der Waals surface area (Å²) in [5.41, 5.74) is 0.312. The molecule has 1 aromatic carbocycles. The molecule has 0 saturated heterocycles. The number of sulfone groups is 1. The van der Waals surface area contributed by atoms with Gasteiger partial charge in [-0.3, -0.25) is 0 Å². The third-order valence-electron chi connectivity index (χ3n) is 2.21. The average Bonchev–Trinajstić information content (AvgIpc) is 2.39. The molecule has 0 spiro atoms. The van der Waals surface area contributed by atoms with E-state index in [1.54, 1.807) is 0 Å². The van der Waals surface area contributed by atoms with E-state index in [2.05, 4.69) is 0 Å². The number of fused-ring (bicyclic) bond motifs is 1. The Morgan fingerprint density at radius 3 is 2.73 bits per heavy atom. The van der Waals surface area contributed by atoms with Crippen molar-refractivity contribution in [2.75, 3.05) is 0 Å². The fraction of sp³-hybridized carbons (Fsp3) is 0.100. The minimum absolute atomic E-state index is 0.0260. The molecule has 0 bridgehead atoms. The lowest BCUT2D eigenvalue weighted by atomic mass is 10.2. The Morgan fingerprint density at radius 1 is 1.33 bits per heavy atom. The maximum atomic E-state index is 12.8. The van der Waals surface area contributed by atoms with E-state index in [0.717, 1.165) is 12.1 Å². The summed E-state index contributed by atoms with van der Waals surface area (Å²) in [6.45, 7) is 0. The first kappa shape index (κ1) is 10.0. The van der Waals surface area contributed by atoms with Crippen molar-refractivity contribution in [3.05, 3.63) is 34.5 Å². The minimum Gasteiger partial charge on any atom is -0.303 e. The molecule has 1 aromatic rings. The van der Waals surface area contributed by atoms with Gasteiger partial charge in [0.2, 0.25) is 9.84 Å². The number of carbonyl (C=O) groups excluding carboxylic acids is 1. The lowest BCUT2D eigenvalue weighted by Gasteiger charge is -1.99. The van der Waals surface area contributed by atoms with Gasteiger partial charge in [-0.05, 0) is 29.8 Å². The quantitative estimate of drug-likeness (QED) is 0.567. The van der Waals surface area contributed by atoms with Gasteiger partial charge in [-0.25, -0.2) is 12.8 Å². The third kappa shape index (κ3) is 1.48. The summed E-state index contributed by atoms with van der Waals surface area (Å²) >= 11 is 0. The van der Waals surface area contributed by atoms with E-state index < -0.39 is 15.7 Å². The number of rotatable bonds is 2. The molecule has 1 aliphatic heterocycles. The van der Waals surface area contributed by atoms with Gasteiger partial charge in [0.1, 0.15) is 12.1 Å². The van der Waals surface area contributed by atoms with E-state index in [-0.39, 0.29) is 16.2 Å². The van der Waals surface area contributed by atoms with Gasteiger partial charge in [-0.15, -0.1) is 0 Å². The van der Waals surface area contributed by atoms with Crippen LogP contribution in [0.5, 0.6) is 0 Å². The number of carbonyl (C=O) groups is 1. The van der Waals surface area contributed by atoms with Crippen LogP contribution in [-0.2, 0) is 14.6 Å². The van der Waals surface area contributed by atoms with Gasteiger partial charge in [0.25, 0.3) is 0 Å². The van der Waals surface area contributed by atoms with E-state index in [1.165, 1.54) is 12.1 Å². The SMILES string of the molecule is O=CCC1=Cc2cc(F)ccc2S1(=O)=O. The Kier molecular flexibility index (Phi) is 2.19. The summed E-state index contributed by atoms with van der Waals surface area (Å²) in [5.74, 6) is -0.493. The first-order chi connectivity index (χ1) is 7.05. The molecule has 2 rings (SSSR count). The van der Waals surface area contributed by atoms with Crippen LogP contribution in [0.15, 0.2) is 28.0 Å².